The van der Waals surface area contributed by atoms with Crippen molar-refractivity contribution in [3.05, 3.63) is 89.0 Å². The lowest BCUT2D eigenvalue weighted by Gasteiger charge is -2.34. The molecular formula is C30H35N5O. The summed E-state index contributed by atoms with van der Waals surface area (Å²) < 4.78 is 0. The average molecular weight is 482 g/mol. The van der Waals surface area contributed by atoms with Gasteiger partial charge in [-0.2, -0.15) is 0 Å². The van der Waals surface area contributed by atoms with E-state index >= 15 is 0 Å². The van der Waals surface area contributed by atoms with E-state index < -0.39 is 0 Å². The van der Waals surface area contributed by atoms with Crippen LogP contribution in [0.5, 0.6) is 0 Å². The Bertz CT molecular complexity index is 1230. The zero-order chi connectivity index (χ0) is 24.5. The zero-order valence-corrected chi connectivity index (χ0v) is 21.1. The number of hydrogen-bond donors (Lipinski definition) is 1. The van der Waals surface area contributed by atoms with Gasteiger partial charge in [-0.1, -0.05) is 48.5 Å². The Balaban J connectivity index is 1.32. The second kappa shape index (κ2) is 10.0. The van der Waals surface area contributed by atoms with E-state index in [1.54, 1.807) is 6.20 Å². The highest BCUT2D eigenvalue weighted by atomic mass is 16.2. The summed E-state index contributed by atoms with van der Waals surface area (Å²) in [4.78, 5) is 28.0. The topological polar surface area (TPSA) is 61.4 Å². The lowest BCUT2D eigenvalue weighted by Crippen LogP contribution is -2.45. The summed E-state index contributed by atoms with van der Waals surface area (Å²) in [5, 5.41) is 3.68. The minimum Gasteiger partial charge on any atom is -0.385 e. The smallest absolute Gasteiger partial charge is 0.257 e. The van der Waals surface area contributed by atoms with Gasteiger partial charge in [-0.3, -0.25) is 9.69 Å². The van der Waals surface area contributed by atoms with Crippen LogP contribution in [0.4, 0.5) is 5.69 Å². The SMILES string of the molecule is Cc1nc(C2CC2)ncc1C(=O)N1Cc2ccccc2NCC[C@@H]2CC[C@H](C1)N2Cc1ccccc1. The molecule has 2 aliphatic heterocycles. The number of aromatic nitrogens is 2. The first kappa shape index (κ1) is 23.2. The van der Waals surface area contributed by atoms with Gasteiger partial charge in [-0.05, 0) is 56.2 Å². The van der Waals surface area contributed by atoms with Gasteiger partial charge in [0.05, 0.1) is 11.3 Å². The molecule has 0 unspecified atom stereocenters. The van der Waals surface area contributed by atoms with E-state index in [-0.39, 0.29) is 5.91 Å². The summed E-state index contributed by atoms with van der Waals surface area (Å²) in [5.41, 5.74) is 5.04. The van der Waals surface area contributed by atoms with Crippen LogP contribution in [0.2, 0.25) is 0 Å². The third kappa shape index (κ3) is 4.87. The van der Waals surface area contributed by atoms with Crippen LogP contribution in [0.3, 0.4) is 0 Å². The molecule has 6 rings (SSSR count). The van der Waals surface area contributed by atoms with Crippen molar-refractivity contribution >= 4 is 11.6 Å². The Morgan fingerprint density at radius 2 is 1.75 bits per heavy atom. The van der Waals surface area contributed by atoms with Crippen LogP contribution < -0.4 is 5.32 Å². The highest BCUT2D eigenvalue weighted by Crippen LogP contribution is 2.38. The molecule has 1 aromatic heterocycles. The van der Waals surface area contributed by atoms with Crippen molar-refractivity contribution < 1.29 is 4.79 Å². The van der Waals surface area contributed by atoms with Gasteiger partial charge < -0.3 is 10.2 Å². The summed E-state index contributed by atoms with van der Waals surface area (Å²) in [6, 6.07) is 20.0. The van der Waals surface area contributed by atoms with Crippen molar-refractivity contribution in [2.75, 3.05) is 18.4 Å². The van der Waals surface area contributed by atoms with Crippen LogP contribution in [0.25, 0.3) is 0 Å². The first-order chi connectivity index (χ1) is 17.7. The number of benzene rings is 2. The van der Waals surface area contributed by atoms with Crippen LogP contribution in [0, 0.1) is 6.92 Å². The number of para-hydroxylation sites is 1. The van der Waals surface area contributed by atoms with Gasteiger partial charge in [0, 0.05) is 56.1 Å². The standard InChI is InChI=1S/C30H35N5O/c1-21-27(17-32-29(33-21)23-11-12-23)30(36)34-19-24-9-5-6-10-28(24)31-16-15-25-13-14-26(20-34)35(25)18-22-7-3-2-4-8-22/h2-10,17,23,25-26,31H,11-16,18-20H2,1H3/t25-,26+/m0/s1. The van der Waals surface area contributed by atoms with E-state index in [4.69, 9.17) is 4.98 Å². The van der Waals surface area contributed by atoms with Crippen molar-refractivity contribution in [1.82, 2.24) is 19.8 Å². The molecule has 1 saturated heterocycles. The molecule has 2 aromatic carbocycles. The van der Waals surface area contributed by atoms with Crippen LogP contribution in [0.15, 0.2) is 60.8 Å². The summed E-state index contributed by atoms with van der Waals surface area (Å²) in [5.74, 6) is 1.40. The van der Waals surface area contributed by atoms with E-state index in [0.29, 0.717) is 36.7 Å². The zero-order valence-electron chi connectivity index (χ0n) is 21.1. The Morgan fingerprint density at radius 1 is 0.972 bits per heavy atom. The van der Waals surface area contributed by atoms with E-state index in [9.17, 15) is 4.79 Å². The second-order valence-corrected chi connectivity index (χ2v) is 10.6. The Labute approximate surface area is 213 Å². The summed E-state index contributed by atoms with van der Waals surface area (Å²) in [6.45, 7) is 5.09. The number of rotatable bonds is 4. The molecule has 6 nitrogen and oxygen atoms in total. The number of nitrogens with zero attached hydrogens (tertiary/aromatic N) is 4. The van der Waals surface area contributed by atoms with Crippen LogP contribution >= 0.6 is 0 Å². The predicted molar refractivity (Wildman–Crippen MR) is 142 cm³/mol. The summed E-state index contributed by atoms with van der Waals surface area (Å²) in [7, 11) is 0. The normalized spacial score (nSPS) is 22.4. The lowest BCUT2D eigenvalue weighted by atomic mass is 10.1. The molecule has 3 aromatic rings. The number of carbonyl (C=O) groups is 1. The first-order valence-electron chi connectivity index (χ1n) is 13.4. The molecule has 3 heterocycles. The number of amides is 1. The molecular weight excluding hydrogens is 446 g/mol. The van der Waals surface area contributed by atoms with Gasteiger partial charge in [0.2, 0.25) is 0 Å². The van der Waals surface area contributed by atoms with Crippen LogP contribution in [-0.2, 0) is 13.1 Å². The molecule has 186 valence electrons. The maximum Gasteiger partial charge on any atom is 0.257 e. The van der Waals surface area contributed by atoms with Gasteiger partial charge in [-0.25, -0.2) is 9.97 Å². The molecule has 1 saturated carbocycles. The fourth-order valence-electron chi connectivity index (χ4n) is 5.86. The van der Waals surface area contributed by atoms with Gasteiger partial charge in [0.25, 0.3) is 5.91 Å². The van der Waals surface area contributed by atoms with Crippen molar-refractivity contribution in [2.45, 2.75) is 70.1 Å². The third-order valence-corrected chi connectivity index (χ3v) is 8.04. The average Bonchev–Trinajstić information content (AvgIpc) is 3.68. The second-order valence-electron chi connectivity index (χ2n) is 10.6. The van der Waals surface area contributed by atoms with E-state index in [1.165, 1.54) is 12.0 Å². The van der Waals surface area contributed by atoms with E-state index in [2.05, 4.69) is 69.8 Å². The van der Waals surface area contributed by atoms with Crippen LogP contribution in [0.1, 0.15) is 71.0 Å². The van der Waals surface area contributed by atoms with Crippen LogP contribution in [-0.4, -0.2) is 50.8 Å². The van der Waals surface area contributed by atoms with Crippen molar-refractivity contribution in [3.63, 3.8) is 0 Å². The molecule has 2 bridgehead atoms. The molecule has 2 atom stereocenters. The maximum atomic E-state index is 14.0. The molecule has 1 N–H and O–H groups in total. The maximum absolute atomic E-state index is 14.0. The fraction of sp³-hybridized carbons (Fsp3) is 0.433. The van der Waals surface area contributed by atoms with Gasteiger partial charge in [-0.15, -0.1) is 0 Å². The largest absolute Gasteiger partial charge is 0.385 e. The van der Waals surface area contributed by atoms with Gasteiger partial charge in [0.1, 0.15) is 5.82 Å². The Morgan fingerprint density at radius 3 is 2.56 bits per heavy atom. The molecule has 3 aliphatic rings. The summed E-state index contributed by atoms with van der Waals surface area (Å²) >= 11 is 0. The minimum absolute atomic E-state index is 0.0343. The minimum atomic E-state index is 0.0343. The Hall–Kier alpha value is -3.25. The summed E-state index contributed by atoms with van der Waals surface area (Å²) in [6.07, 6.45) is 7.46. The molecule has 0 spiro atoms. The number of carbonyl (C=O) groups excluding carboxylic acids is 1. The molecule has 6 heteroatoms. The highest BCUT2D eigenvalue weighted by Gasteiger charge is 2.36. The number of nitrogens with one attached hydrogen (secondary N) is 1. The van der Waals surface area contributed by atoms with Crippen molar-refractivity contribution in [3.8, 4) is 0 Å². The molecule has 1 aliphatic carbocycles. The van der Waals surface area contributed by atoms with E-state index in [1.807, 2.05) is 11.8 Å². The number of fused-ring (bicyclic) bond motifs is 3. The lowest BCUT2D eigenvalue weighted by molar-refractivity contribution is 0.0661. The van der Waals surface area contributed by atoms with Crippen molar-refractivity contribution in [1.29, 1.82) is 0 Å². The third-order valence-electron chi connectivity index (χ3n) is 8.04. The van der Waals surface area contributed by atoms with Gasteiger partial charge in [0.15, 0.2) is 0 Å². The molecule has 0 radical (unpaired) electrons. The number of anilines is 1. The van der Waals surface area contributed by atoms with Gasteiger partial charge >= 0.3 is 0 Å². The first-order valence-corrected chi connectivity index (χ1v) is 13.4. The highest BCUT2D eigenvalue weighted by molar-refractivity contribution is 5.95. The number of hydrogen-bond acceptors (Lipinski definition) is 5. The molecule has 1 amide bonds. The molecule has 2 fully saturated rings. The number of aryl methyl sites for hydroxylation is 1. The van der Waals surface area contributed by atoms with E-state index in [0.717, 1.165) is 61.5 Å². The van der Waals surface area contributed by atoms with Crippen molar-refractivity contribution in [2.24, 2.45) is 0 Å². The monoisotopic (exact) mass is 481 g/mol. The Kier molecular flexibility index (Phi) is 6.45. The predicted octanol–water partition coefficient (Wildman–Crippen LogP) is 5.15. The fourth-order valence-corrected chi connectivity index (χ4v) is 5.86. The molecule has 36 heavy (non-hydrogen) atoms. The quantitative estimate of drug-likeness (QED) is 0.558.